The predicted molar refractivity (Wildman–Crippen MR) is 116 cm³/mol. The van der Waals surface area contributed by atoms with Crippen LogP contribution in [0.3, 0.4) is 0 Å². The molecular weight excluding hydrogens is 437 g/mol. The summed E-state index contributed by atoms with van der Waals surface area (Å²) in [5.74, 6) is -0.512. The topological polar surface area (TPSA) is 84.4 Å². The van der Waals surface area contributed by atoms with Crippen LogP contribution in [0.4, 0.5) is 19.0 Å². The van der Waals surface area contributed by atoms with Crippen LogP contribution in [0, 0.1) is 22.7 Å². The molecule has 4 atom stereocenters. The van der Waals surface area contributed by atoms with Gasteiger partial charge in [0, 0.05) is 12.5 Å². The third kappa shape index (κ3) is 5.09. The molecule has 2 aliphatic rings. The van der Waals surface area contributed by atoms with Gasteiger partial charge in [0.2, 0.25) is 5.91 Å². The third-order valence-corrected chi connectivity index (χ3v) is 6.49. The minimum absolute atomic E-state index is 0.00257. The van der Waals surface area contributed by atoms with Crippen LogP contribution in [-0.2, 0) is 20.5 Å². The van der Waals surface area contributed by atoms with E-state index in [1.165, 1.54) is 0 Å². The van der Waals surface area contributed by atoms with E-state index < -0.39 is 40.9 Å². The smallest absolute Gasteiger partial charge is 0.434 e. The average molecular weight is 471 g/mol. The zero-order valence-corrected chi connectivity index (χ0v) is 20.4. The van der Waals surface area contributed by atoms with Crippen molar-refractivity contribution in [3.8, 4) is 0 Å². The Morgan fingerprint density at radius 2 is 1.73 bits per heavy atom. The maximum Gasteiger partial charge on any atom is 0.434 e. The standard InChI is InChI=1S/C23H33F3N4O3/c1-20(2,3)17(29-14-10-27-13(9-28-14)23(24,25)26)18(31)30-11-12-15(22(12,7)8)16(30)19(32)33-21(4,5)6/h9-10,12,15-17H,11H2,1-8H3,(H,28,29)/t12-,15-,16-,17+/m0/s1. The Hall–Kier alpha value is -2.39. The number of aromatic nitrogens is 2. The van der Waals surface area contributed by atoms with Crippen molar-refractivity contribution >= 4 is 17.7 Å². The first kappa shape index (κ1) is 25.2. The van der Waals surface area contributed by atoms with E-state index in [-0.39, 0.29) is 29.0 Å². The van der Waals surface area contributed by atoms with Gasteiger partial charge >= 0.3 is 12.1 Å². The third-order valence-electron chi connectivity index (χ3n) is 6.49. The minimum Gasteiger partial charge on any atom is -0.458 e. The van der Waals surface area contributed by atoms with Crippen LogP contribution in [0.25, 0.3) is 0 Å². The lowest BCUT2D eigenvalue weighted by Crippen LogP contribution is -2.55. The second-order valence-corrected chi connectivity index (χ2v) is 11.7. The van der Waals surface area contributed by atoms with Crippen LogP contribution >= 0.6 is 0 Å². The highest BCUT2D eigenvalue weighted by atomic mass is 19.4. The number of carbonyl (C=O) groups is 2. The van der Waals surface area contributed by atoms with Crippen molar-refractivity contribution in [2.45, 2.75) is 79.3 Å². The normalized spacial score (nSPS) is 25.3. The van der Waals surface area contributed by atoms with Crippen LogP contribution in [0.15, 0.2) is 12.4 Å². The first-order chi connectivity index (χ1) is 14.8. The number of rotatable bonds is 4. The molecule has 1 amide bonds. The van der Waals surface area contributed by atoms with E-state index >= 15 is 0 Å². The molecule has 184 valence electrons. The quantitative estimate of drug-likeness (QED) is 0.666. The van der Waals surface area contributed by atoms with Gasteiger partial charge in [-0.15, -0.1) is 0 Å². The molecule has 1 saturated heterocycles. The summed E-state index contributed by atoms with van der Waals surface area (Å²) in [4.78, 5) is 35.6. The number of hydrogen-bond acceptors (Lipinski definition) is 6. The number of carbonyl (C=O) groups excluding carboxylic acids is 2. The van der Waals surface area contributed by atoms with Gasteiger partial charge in [-0.1, -0.05) is 34.6 Å². The molecule has 0 aromatic carbocycles. The van der Waals surface area contributed by atoms with E-state index in [0.717, 1.165) is 6.20 Å². The van der Waals surface area contributed by atoms with Crippen molar-refractivity contribution < 1.29 is 27.5 Å². The van der Waals surface area contributed by atoms with E-state index in [2.05, 4.69) is 29.1 Å². The molecule has 0 bridgehead atoms. The summed E-state index contributed by atoms with van der Waals surface area (Å²) in [6.45, 7) is 15.4. The van der Waals surface area contributed by atoms with Crippen molar-refractivity contribution in [2.24, 2.45) is 22.7 Å². The summed E-state index contributed by atoms with van der Waals surface area (Å²) in [5.41, 5.74) is -2.50. The summed E-state index contributed by atoms with van der Waals surface area (Å²) >= 11 is 0. The van der Waals surface area contributed by atoms with Crippen molar-refractivity contribution in [3.05, 3.63) is 18.1 Å². The maximum absolute atomic E-state index is 13.7. The largest absolute Gasteiger partial charge is 0.458 e. The molecule has 1 N–H and O–H groups in total. The van der Waals surface area contributed by atoms with Crippen LogP contribution in [0.5, 0.6) is 0 Å². The van der Waals surface area contributed by atoms with E-state index in [4.69, 9.17) is 4.74 Å². The van der Waals surface area contributed by atoms with Crippen LogP contribution < -0.4 is 5.32 Å². The summed E-state index contributed by atoms with van der Waals surface area (Å²) in [5, 5.41) is 2.95. The fourth-order valence-electron chi connectivity index (χ4n) is 4.66. The molecule has 1 aliphatic heterocycles. The van der Waals surface area contributed by atoms with E-state index in [1.807, 2.05) is 20.8 Å². The Morgan fingerprint density at radius 3 is 2.18 bits per heavy atom. The highest BCUT2D eigenvalue weighted by Gasteiger charge is 2.70. The van der Waals surface area contributed by atoms with Gasteiger partial charge in [0.15, 0.2) is 5.69 Å². The monoisotopic (exact) mass is 470 g/mol. The molecule has 0 unspecified atom stereocenters. The number of likely N-dealkylation sites (tertiary alicyclic amines) is 1. The molecule has 0 radical (unpaired) electrons. The SMILES string of the molecule is CC(C)(C)OC(=O)[C@@H]1[C@@H]2[C@H](CN1C(=O)[C@@H](Nc1cnc(C(F)(F)F)cn1)C(C)(C)C)C2(C)C. The van der Waals surface area contributed by atoms with Crippen molar-refractivity contribution in [1.29, 1.82) is 0 Å². The van der Waals surface area contributed by atoms with Gasteiger partial charge in [-0.3, -0.25) is 4.79 Å². The zero-order chi connectivity index (χ0) is 25.1. The van der Waals surface area contributed by atoms with Gasteiger partial charge in [0.05, 0.1) is 12.4 Å². The number of fused-ring (bicyclic) bond motifs is 1. The van der Waals surface area contributed by atoms with Crippen LogP contribution in [0.2, 0.25) is 0 Å². The summed E-state index contributed by atoms with van der Waals surface area (Å²) in [6.07, 6.45) is -3.01. The molecule has 1 aromatic heterocycles. The van der Waals surface area contributed by atoms with Crippen molar-refractivity contribution in [1.82, 2.24) is 14.9 Å². The van der Waals surface area contributed by atoms with Gasteiger partial charge in [-0.05, 0) is 37.5 Å². The number of alkyl halides is 3. The van der Waals surface area contributed by atoms with Crippen molar-refractivity contribution in [3.63, 3.8) is 0 Å². The van der Waals surface area contributed by atoms with Gasteiger partial charge in [-0.25, -0.2) is 14.8 Å². The van der Waals surface area contributed by atoms with Gasteiger partial charge in [0.25, 0.3) is 0 Å². The predicted octanol–water partition coefficient (Wildman–Crippen LogP) is 4.15. The summed E-state index contributed by atoms with van der Waals surface area (Å²) in [7, 11) is 0. The first-order valence-corrected chi connectivity index (χ1v) is 11.0. The molecule has 0 spiro atoms. The molecule has 2 heterocycles. The maximum atomic E-state index is 13.7. The fourth-order valence-corrected chi connectivity index (χ4v) is 4.66. The number of hydrogen-bond donors (Lipinski definition) is 1. The Balaban J connectivity index is 1.86. The molecule has 7 nitrogen and oxygen atoms in total. The summed E-state index contributed by atoms with van der Waals surface area (Å²) in [6, 6.07) is -1.55. The number of nitrogens with one attached hydrogen (secondary N) is 1. The Morgan fingerprint density at radius 1 is 1.12 bits per heavy atom. The van der Waals surface area contributed by atoms with E-state index in [0.29, 0.717) is 12.7 Å². The lowest BCUT2D eigenvalue weighted by atomic mass is 9.85. The van der Waals surface area contributed by atoms with Crippen LogP contribution in [-0.4, -0.2) is 51.0 Å². The van der Waals surface area contributed by atoms with Crippen molar-refractivity contribution in [2.75, 3.05) is 11.9 Å². The molecule has 1 saturated carbocycles. The van der Waals surface area contributed by atoms with E-state index in [1.54, 1.807) is 25.7 Å². The number of halogens is 3. The molecule has 33 heavy (non-hydrogen) atoms. The summed E-state index contributed by atoms with van der Waals surface area (Å²) < 4.78 is 44.1. The molecule has 1 aliphatic carbocycles. The molecule has 1 aromatic rings. The molecular formula is C23H33F3N4O3. The first-order valence-electron chi connectivity index (χ1n) is 11.0. The number of piperidine rings is 1. The Labute approximate surface area is 192 Å². The molecule has 2 fully saturated rings. The second-order valence-electron chi connectivity index (χ2n) is 11.7. The highest BCUT2D eigenvalue weighted by molar-refractivity contribution is 5.91. The number of nitrogens with zero attached hydrogens (tertiary/aromatic N) is 3. The minimum atomic E-state index is -4.60. The van der Waals surface area contributed by atoms with Crippen LogP contribution in [0.1, 0.15) is 61.1 Å². The average Bonchev–Trinajstić information content (AvgIpc) is 2.99. The molecule has 10 heteroatoms. The zero-order valence-electron chi connectivity index (χ0n) is 20.4. The Kier molecular flexibility index (Phi) is 5.99. The van der Waals surface area contributed by atoms with Gasteiger partial charge in [-0.2, -0.15) is 13.2 Å². The fraction of sp³-hybridized carbons (Fsp3) is 0.739. The lowest BCUT2D eigenvalue weighted by molar-refractivity contribution is -0.165. The Bertz CT molecular complexity index is 917. The van der Waals surface area contributed by atoms with Gasteiger partial charge in [0.1, 0.15) is 23.5 Å². The highest BCUT2D eigenvalue weighted by Crippen LogP contribution is 2.65. The second kappa shape index (κ2) is 7.84. The number of amides is 1. The molecule has 3 rings (SSSR count). The van der Waals surface area contributed by atoms with E-state index in [9.17, 15) is 22.8 Å². The number of ether oxygens (including phenoxy) is 1. The lowest BCUT2D eigenvalue weighted by Gasteiger charge is -2.38. The number of anilines is 1. The van der Waals surface area contributed by atoms with Gasteiger partial charge < -0.3 is 15.0 Å². The number of esters is 1.